The summed E-state index contributed by atoms with van der Waals surface area (Å²) in [7, 11) is 1.93. The Labute approximate surface area is 109 Å². The lowest BCUT2D eigenvalue weighted by Crippen LogP contribution is -2.23. The number of aromatic nitrogens is 2. The number of rotatable bonds is 5. The molecule has 2 N–H and O–H groups in total. The van der Waals surface area contributed by atoms with Crippen LogP contribution >= 0.6 is 0 Å². The van der Waals surface area contributed by atoms with Gasteiger partial charge in [0.1, 0.15) is 0 Å². The van der Waals surface area contributed by atoms with Crippen LogP contribution in [0.1, 0.15) is 23.2 Å². The second-order valence-corrected chi connectivity index (χ2v) is 4.97. The van der Waals surface area contributed by atoms with E-state index in [1.807, 2.05) is 24.0 Å². The van der Waals surface area contributed by atoms with Crippen molar-refractivity contribution in [1.29, 1.82) is 0 Å². The van der Waals surface area contributed by atoms with Gasteiger partial charge in [-0.2, -0.15) is 5.10 Å². The van der Waals surface area contributed by atoms with Crippen molar-refractivity contribution in [2.45, 2.75) is 32.2 Å². The SMILES string of the molecule is Cc1ccc(CCC(N)Cc2ccn(C)n2)cc1. The molecule has 0 saturated heterocycles. The molecule has 1 unspecified atom stereocenters. The maximum atomic E-state index is 6.14. The zero-order valence-corrected chi connectivity index (χ0v) is 11.1. The average Bonchev–Trinajstić information content (AvgIpc) is 2.74. The van der Waals surface area contributed by atoms with Crippen molar-refractivity contribution in [3.8, 4) is 0 Å². The van der Waals surface area contributed by atoms with Crippen LogP contribution in [0.3, 0.4) is 0 Å². The largest absolute Gasteiger partial charge is 0.327 e. The van der Waals surface area contributed by atoms with Crippen LogP contribution in [0.2, 0.25) is 0 Å². The number of nitrogens with two attached hydrogens (primary N) is 1. The maximum Gasteiger partial charge on any atom is 0.0639 e. The van der Waals surface area contributed by atoms with E-state index in [4.69, 9.17) is 5.73 Å². The minimum absolute atomic E-state index is 0.182. The van der Waals surface area contributed by atoms with Gasteiger partial charge >= 0.3 is 0 Å². The molecule has 96 valence electrons. The van der Waals surface area contributed by atoms with E-state index in [0.717, 1.165) is 25.0 Å². The van der Waals surface area contributed by atoms with Gasteiger partial charge in [-0.05, 0) is 31.4 Å². The lowest BCUT2D eigenvalue weighted by molar-refractivity contribution is 0.595. The number of hydrogen-bond donors (Lipinski definition) is 1. The van der Waals surface area contributed by atoms with Gasteiger partial charge in [-0.25, -0.2) is 0 Å². The smallest absolute Gasteiger partial charge is 0.0639 e. The molecule has 0 bridgehead atoms. The summed E-state index contributed by atoms with van der Waals surface area (Å²) >= 11 is 0. The van der Waals surface area contributed by atoms with Crippen molar-refractivity contribution >= 4 is 0 Å². The molecule has 1 aromatic heterocycles. The first kappa shape index (κ1) is 12.8. The Balaban J connectivity index is 1.81. The Bertz CT molecular complexity index is 485. The first-order chi connectivity index (χ1) is 8.63. The van der Waals surface area contributed by atoms with Gasteiger partial charge in [0.2, 0.25) is 0 Å². The molecule has 3 heteroatoms. The van der Waals surface area contributed by atoms with Crippen LogP contribution in [0.5, 0.6) is 0 Å². The van der Waals surface area contributed by atoms with Crippen LogP contribution in [0.4, 0.5) is 0 Å². The van der Waals surface area contributed by atoms with Gasteiger partial charge in [-0.1, -0.05) is 29.8 Å². The number of hydrogen-bond acceptors (Lipinski definition) is 2. The van der Waals surface area contributed by atoms with Crippen molar-refractivity contribution in [3.05, 3.63) is 53.3 Å². The Kier molecular flexibility index (Phi) is 4.15. The molecule has 0 aliphatic carbocycles. The van der Waals surface area contributed by atoms with Crippen LogP contribution in [-0.2, 0) is 19.9 Å². The topological polar surface area (TPSA) is 43.8 Å². The summed E-state index contributed by atoms with van der Waals surface area (Å²) in [6, 6.07) is 10.9. The van der Waals surface area contributed by atoms with E-state index < -0.39 is 0 Å². The average molecular weight is 243 g/mol. The minimum Gasteiger partial charge on any atom is -0.327 e. The fraction of sp³-hybridized carbons (Fsp3) is 0.400. The number of benzene rings is 1. The fourth-order valence-corrected chi connectivity index (χ4v) is 2.05. The van der Waals surface area contributed by atoms with E-state index in [0.29, 0.717) is 0 Å². The highest BCUT2D eigenvalue weighted by molar-refractivity contribution is 5.21. The van der Waals surface area contributed by atoms with Crippen molar-refractivity contribution in [2.24, 2.45) is 12.8 Å². The van der Waals surface area contributed by atoms with Gasteiger partial charge in [0, 0.05) is 25.7 Å². The van der Waals surface area contributed by atoms with Gasteiger partial charge < -0.3 is 5.73 Å². The highest BCUT2D eigenvalue weighted by Gasteiger charge is 2.06. The van der Waals surface area contributed by atoms with Gasteiger partial charge in [0.15, 0.2) is 0 Å². The zero-order chi connectivity index (χ0) is 13.0. The third-order valence-electron chi connectivity index (χ3n) is 3.16. The van der Waals surface area contributed by atoms with E-state index in [1.54, 1.807) is 0 Å². The Hall–Kier alpha value is -1.61. The molecule has 0 spiro atoms. The monoisotopic (exact) mass is 243 g/mol. The van der Waals surface area contributed by atoms with Crippen molar-refractivity contribution in [2.75, 3.05) is 0 Å². The summed E-state index contributed by atoms with van der Waals surface area (Å²) in [4.78, 5) is 0. The third kappa shape index (κ3) is 3.70. The molecular weight excluding hydrogens is 222 g/mol. The van der Waals surface area contributed by atoms with E-state index in [2.05, 4.69) is 36.3 Å². The fourth-order valence-electron chi connectivity index (χ4n) is 2.05. The molecule has 0 saturated carbocycles. The molecule has 1 aromatic carbocycles. The molecule has 2 aromatic rings. The summed E-state index contributed by atoms with van der Waals surface area (Å²) in [5, 5.41) is 4.35. The molecule has 1 heterocycles. The second-order valence-electron chi connectivity index (χ2n) is 4.97. The van der Waals surface area contributed by atoms with Crippen molar-refractivity contribution in [1.82, 2.24) is 9.78 Å². The van der Waals surface area contributed by atoms with Crippen molar-refractivity contribution < 1.29 is 0 Å². The van der Waals surface area contributed by atoms with Gasteiger partial charge in [-0.3, -0.25) is 4.68 Å². The highest BCUT2D eigenvalue weighted by Crippen LogP contribution is 2.09. The number of aryl methyl sites for hydroxylation is 3. The molecule has 1 atom stereocenters. The Morgan fingerprint density at radius 1 is 1.22 bits per heavy atom. The minimum atomic E-state index is 0.182. The Morgan fingerprint density at radius 3 is 2.56 bits per heavy atom. The van der Waals surface area contributed by atoms with E-state index >= 15 is 0 Å². The summed E-state index contributed by atoms with van der Waals surface area (Å²) in [6.45, 7) is 2.11. The standard InChI is InChI=1S/C15H21N3/c1-12-3-5-13(6-4-12)7-8-14(16)11-15-9-10-18(2)17-15/h3-6,9-10,14H,7-8,11,16H2,1-2H3. The van der Waals surface area contributed by atoms with Crippen molar-refractivity contribution in [3.63, 3.8) is 0 Å². The van der Waals surface area contributed by atoms with E-state index in [9.17, 15) is 0 Å². The molecule has 0 aliphatic heterocycles. The summed E-state index contributed by atoms with van der Waals surface area (Å²) < 4.78 is 1.82. The molecule has 18 heavy (non-hydrogen) atoms. The second kappa shape index (κ2) is 5.83. The zero-order valence-electron chi connectivity index (χ0n) is 11.1. The first-order valence-electron chi connectivity index (χ1n) is 6.43. The summed E-state index contributed by atoms with van der Waals surface area (Å²) in [6.07, 6.45) is 4.85. The molecule has 0 fully saturated rings. The highest BCUT2D eigenvalue weighted by atomic mass is 15.2. The maximum absolute atomic E-state index is 6.14. The molecule has 0 amide bonds. The predicted octanol–water partition coefficient (Wildman–Crippen LogP) is 2.23. The first-order valence-corrected chi connectivity index (χ1v) is 6.43. The molecule has 0 radical (unpaired) electrons. The molecule has 2 rings (SSSR count). The predicted molar refractivity (Wildman–Crippen MR) is 74.4 cm³/mol. The summed E-state index contributed by atoms with van der Waals surface area (Å²) in [5.41, 5.74) is 9.88. The normalized spacial score (nSPS) is 12.6. The summed E-state index contributed by atoms with van der Waals surface area (Å²) in [5.74, 6) is 0. The third-order valence-corrected chi connectivity index (χ3v) is 3.16. The van der Waals surface area contributed by atoms with Crippen LogP contribution in [0, 0.1) is 6.92 Å². The molecule has 0 aliphatic rings. The van der Waals surface area contributed by atoms with E-state index in [-0.39, 0.29) is 6.04 Å². The van der Waals surface area contributed by atoms with Gasteiger partial charge in [0.05, 0.1) is 5.69 Å². The number of nitrogens with zero attached hydrogens (tertiary/aromatic N) is 2. The van der Waals surface area contributed by atoms with Crippen LogP contribution in [0.15, 0.2) is 36.5 Å². The van der Waals surface area contributed by atoms with Gasteiger partial charge in [-0.15, -0.1) is 0 Å². The molecule has 3 nitrogen and oxygen atoms in total. The van der Waals surface area contributed by atoms with Crippen LogP contribution < -0.4 is 5.73 Å². The van der Waals surface area contributed by atoms with Gasteiger partial charge in [0.25, 0.3) is 0 Å². The van der Waals surface area contributed by atoms with Crippen LogP contribution in [0.25, 0.3) is 0 Å². The quantitative estimate of drug-likeness (QED) is 0.875. The Morgan fingerprint density at radius 2 is 1.94 bits per heavy atom. The lowest BCUT2D eigenvalue weighted by atomic mass is 10.0. The van der Waals surface area contributed by atoms with Crippen LogP contribution in [-0.4, -0.2) is 15.8 Å². The molecular formula is C15H21N3. The lowest BCUT2D eigenvalue weighted by Gasteiger charge is -2.10. The van der Waals surface area contributed by atoms with E-state index in [1.165, 1.54) is 11.1 Å².